The molecule has 0 aliphatic heterocycles. The minimum Gasteiger partial charge on any atom is -0.458 e. The van der Waals surface area contributed by atoms with Gasteiger partial charge in [-0.3, -0.25) is 9.59 Å². The molecule has 3 N–H and O–H groups in total. The van der Waals surface area contributed by atoms with E-state index in [9.17, 15) is 14.7 Å². The van der Waals surface area contributed by atoms with E-state index in [0.717, 1.165) is 56.1 Å². The van der Waals surface area contributed by atoms with Gasteiger partial charge in [0.15, 0.2) is 5.78 Å². The number of carbonyl (C=O) groups excluding carboxylic acids is 2. The Hall–Kier alpha value is -1.46. The highest BCUT2D eigenvalue weighted by Gasteiger charge is 2.70. The molecule has 0 radical (unpaired) electrons. The lowest BCUT2D eigenvalue weighted by atomic mass is 9.36. The van der Waals surface area contributed by atoms with Crippen LogP contribution in [0, 0.1) is 39.9 Å². The summed E-state index contributed by atoms with van der Waals surface area (Å²) in [6.07, 6.45) is 8.65. The van der Waals surface area contributed by atoms with Crippen molar-refractivity contribution in [1.82, 2.24) is 0 Å². The Labute approximate surface area is 224 Å². The molecule has 4 aliphatic carbocycles. The predicted molar refractivity (Wildman–Crippen MR) is 148 cm³/mol. The topological polar surface area (TPSA) is 89.6 Å². The molecule has 4 aliphatic rings. The second kappa shape index (κ2) is 9.93. The minimum atomic E-state index is -0.362. The standard InChI is InChI=1S/C32H51NO4/c1-18(2)10-9-11-22(20(4)34)28-24-16-25(33)29-30(6)14-13-26(36)19(3)23(30)12-15-31(29,7)32(24,8)17-27(28)37-21(5)35/h10,19,23-27,29,36H,9,11-17,33H2,1-8H3/b28-22-/t19-,23-,24-,25+,26+,27-,29-,30-,31-,32-/m0/s1. The Morgan fingerprint density at radius 1 is 1.08 bits per heavy atom. The van der Waals surface area contributed by atoms with Crippen LogP contribution in [0.3, 0.4) is 0 Å². The van der Waals surface area contributed by atoms with Gasteiger partial charge in [0.1, 0.15) is 6.10 Å². The molecular weight excluding hydrogens is 462 g/mol. The highest BCUT2D eigenvalue weighted by molar-refractivity contribution is 5.94. The van der Waals surface area contributed by atoms with Crippen LogP contribution in [-0.2, 0) is 14.3 Å². The minimum absolute atomic E-state index is 0.00962. The summed E-state index contributed by atoms with van der Waals surface area (Å²) in [4.78, 5) is 25.4. The number of hydrogen-bond donors (Lipinski definition) is 2. The van der Waals surface area contributed by atoms with E-state index in [-0.39, 0.29) is 58.1 Å². The van der Waals surface area contributed by atoms with Gasteiger partial charge in [-0.25, -0.2) is 0 Å². The van der Waals surface area contributed by atoms with Gasteiger partial charge in [0.25, 0.3) is 0 Å². The summed E-state index contributed by atoms with van der Waals surface area (Å²) in [5.41, 5.74) is 10.3. The number of aliphatic hydroxyl groups is 1. The Balaban J connectivity index is 1.82. The van der Waals surface area contributed by atoms with Crippen molar-refractivity contribution in [3.63, 3.8) is 0 Å². The molecule has 0 unspecified atom stereocenters. The fourth-order valence-electron chi connectivity index (χ4n) is 10.1. The number of allylic oxidation sites excluding steroid dienone is 3. The van der Waals surface area contributed by atoms with Crippen LogP contribution in [0.2, 0.25) is 0 Å². The third-order valence-electron chi connectivity index (χ3n) is 11.8. The van der Waals surface area contributed by atoms with Crippen LogP contribution < -0.4 is 5.73 Å². The lowest BCUT2D eigenvalue weighted by Gasteiger charge is -2.69. The van der Waals surface area contributed by atoms with E-state index in [1.165, 1.54) is 12.5 Å². The van der Waals surface area contributed by atoms with Crippen molar-refractivity contribution < 1.29 is 19.4 Å². The van der Waals surface area contributed by atoms with Gasteiger partial charge in [-0.1, -0.05) is 39.3 Å². The zero-order valence-corrected chi connectivity index (χ0v) is 24.5. The van der Waals surface area contributed by atoms with Crippen molar-refractivity contribution in [1.29, 1.82) is 0 Å². The molecule has 0 aromatic heterocycles. The SMILES string of the molecule is CC(=O)O[C@H]1C[C@@]2(C)[C@@H](C[C@@H](N)[C@H]3[C@@]4(C)CC[C@@H](O)[C@@H](C)[C@@H]4CC[C@@]32C)/C1=C(\CCC=C(C)C)C(C)=O. The summed E-state index contributed by atoms with van der Waals surface area (Å²) >= 11 is 0. The average Bonchev–Trinajstić information content (AvgIpc) is 3.05. The van der Waals surface area contributed by atoms with E-state index in [0.29, 0.717) is 18.3 Å². The number of nitrogens with two attached hydrogens (primary N) is 1. The summed E-state index contributed by atoms with van der Waals surface area (Å²) in [7, 11) is 0. The van der Waals surface area contributed by atoms with Crippen molar-refractivity contribution in [2.24, 2.45) is 45.7 Å². The van der Waals surface area contributed by atoms with Crippen LogP contribution in [0.25, 0.3) is 0 Å². The molecule has 10 atom stereocenters. The van der Waals surface area contributed by atoms with Crippen LogP contribution in [0.4, 0.5) is 0 Å². The molecule has 4 rings (SSSR count). The first-order chi connectivity index (χ1) is 17.2. The molecule has 5 nitrogen and oxygen atoms in total. The van der Waals surface area contributed by atoms with Crippen LogP contribution in [-0.4, -0.2) is 35.1 Å². The van der Waals surface area contributed by atoms with Crippen molar-refractivity contribution in [3.05, 3.63) is 22.8 Å². The van der Waals surface area contributed by atoms with Gasteiger partial charge >= 0.3 is 5.97 Å². The van der Waals surface area contributed by atoms with Crippen molar-refractivity contribution in [2.45, 2.75) is 125 Å². The first kappa shape index (κ1) is 28.5. The summed E-state index contributed by atoms with van der Waals surface area (Å²) < 4.78 is 6.02. The van der Waals surface area contributed by atoms with Gasteiger partial charge in [0.05, 0.1) is 6.10 Å². The van der Waals surface area contributed by atoms with Crippen LogP contribution in [0.15, 0.2) is 22.8 Å². The summed E-state index contributed by atoms with van der Waals surface area (Å²) in [6.45, 7) is 16.8. The molecule has 5 heteroatoms. The van der Waals surface area contributed by atoms with Gasteiger partial charge in [-0.15, -0.1) is 0 Å². The Morgan fingerprint density at radius 2 is 1.76 bits per heavy atom. The number of carbonyl (C=O) groups is 2. The number of rotatable bonds is 5. The fourth-order valence-corrected chi connectivity index (χ4v) is 10.1. The molecule has 0 heterocycles. The van der Waals surface area contributed by atoms with Crippen molar-refractivity contribution in [3.8, 4) is 0 Å². The monoisotopic (exact) mass is 513 g/mol. The molecule has 4 saturated carbocycles. The van der Waals surface area contributed by atoms with Gasteiger partial charge in [-0.05, 0) is 123 Å². The number of fused-ring (bicyclic) bond motifs is 5. The average molecular weight is 514 g/mol. The van der Waals surface area contributed by atoms with Gasteiger partial charge < -0.3 is 15.6 Å². The maximum atomic E-state index is 13.1. The lowest BCUT2D eigenvalue weighted by Crippen LogP contribution is -2.67. The molecule has 0 aromatic carbocycles. The van der Waals surface area contributed by atoms with E-state index in [2.05, 4.69) is 47.6 Å². The number of aliphatic hydroxyl groups excluding tert-OH is 1. The zero-order valence-electron chi connectivity index (χ0n) is 24.5. The van der Waals surface area contributed by atoms with Crippen molar-refractivity contribution >= 4 is 11.8 Å². The number of Topliss-reactive ketones (excluding diaryl/α,β-unsaturated/α-hetero) is 1. The number of ketones is 1. The summed E-state index contributed by atoms with van der Waals surface area (Å²) in [6, 6.07) is 0.00962. The molecule has 4 fully saturated rings. The number of ether oxygens (including phenoxy) is 1. The summed E-state index contributed by atoms with van der Waals surface area (Å²) in [5.74, 6) is 1.02. The third kappa shape index (κ3) is 4.46. The molecular formula is C32H51NO4. The zero-order chi connectivity index (χ0) is 27.5. The fraction of sp³-hybridized carbons (Fsp3) is 0.812. The summed E-state index contributed by atoms with van der Waals surface area (Å²) in [5, 5.41) is 10.7. The van der Waals surface area contributed by atoms with E-state index in [4.69, 9.17) is 10.5 Å². The molecule has 37 heavy (non-hydrogen) atoms. The Kier molecular flexibility index (Phi) is 7.66. The molecule has 0 saturated heterocycles. The Bertz CT molecular complexity index is 995. The second-order valence-corrected chi connectivity index (χ2v) is 14.0. The van der Waals surface area contributed by atoms with E-state index in [1.54, 1.807) is 6.92 Å². The van der Waals surface area contributed by atoms with Crippen LogP contribution >= 0.6 is 0 Å². The lowest BCUT2D eigenvalue weighted by molar-refractivity contribution is -0.204. The number of esters is 1. The van der Waals surface area contributed by atoms with Gasteiger partial charge in [0.2, 0.25) is 0 Å². The van der Waals surface area contributed by atoms with Crippen LogP contribution in [0.5, 0.6) is 0 Å². The molecule has 0 spiro atoms. The van der Waals surface area contributed by atoms with E-state index in [1.807, 2.05) is 0 Å². The van der Waals surface area contributed by atoms with E-state index < -0.39 is 0 Å². The van der Waals surface area contributed by atoms with Gasteiger partial charge in [0, 0.05) is 13.0 Å². The molecule has 208 valence electrons. The predicted octanol–water partition coefficient (Wildman–Crippen LogP) is 6.14. The highest BCUT2D eigenvalue weighted by Crippen LogP contribution is 2.74. The second-order valence-electron chi connectivity index (χ2n) is 14.0. The van der Waals surface area contributed by atoms with Gasteiger partial charge in [-0.2, -0.15) is 0 Å². The Morgan fingerprint density at radius 3 is 2.35 bits per heavy atom. The molecule has 0 amide bonds. The molecule has 0 aromatic rings. The third-order valence-corrected chi connectivity index (χ3v) is 11.8. The first-order valence-electron chi connectivity index (χ1n) is 14.7. The smallest absolute Gasteiger partial charge is 0.303 e. The van der Waals surface area contributed by atoms with Crippen molar-refractivity contribution in [2.75, 3.05) is 0 Å². The number of hydrogen-bond acceptors (Lipinski definition) is 5. The molecule has 0 bridgehead atoms. The maximum absolute atomic E-state index is 13.1. The largest absolute Gasteiger partial charge is 0.458 e. The normalized spacial score (nSPS) is 46.3. The maximum Gasteiger partial charge on any atom is 0.303 e. The van der Waals surface area contributed by atoms with E-state index >= 15 is 0 Å². The quantitative estimate of drug-likeness (QED) is 0.262. The first-order valence-corrected chi connectivity index (χ1v) is 14.7. The van der Waals surface area contributed by atoms with Crippen LogP contribution in [0.1, 0.15) is 107 Å². The highest BCUT2D eigenvalue weighted by atomic mass is 16.5.